The minimum absolute atomic E-state index is 0. The van der Waals surface area contributed by atoms with Gasteiger partial charge in [0, 0.05) is 22.4 Å². The molecule has 5 heteroatoms. The van der Waals surface area contributed by atoms with Gasteiger partial charge >= 0.3 is 0 Å². The Kier molecular flexibility index (Phi) is 15.1. The first-order valence-electron chi connectivity index (χ1n) is 8.54. The Labute approximate surface area is 186 Å². The Morgan fingerprint density at radius 3 is 0.483 bits per heavy atom. The fraction of sp³-hybridized carbons (Fsp3) is 0. The quantitative estimate of drug-likeness (QED) is 0.254. The molecule has 0 fully saturated rings. The van der Waals surface area contributed by atoms with E-state index in [4.69, 9.17) is 20.4 Å². The summed E-state index contributed by atoms with van der Waals surface area (Å²) in [6.45, 7) is 0. The van der Waals surface area contributed by atoms with E-state index in [1.54, 1.807) is 97.1 Å². The molecule has 0 saturated heterocycles. The number of benzene rings is 4. The zero-order valence-corrected chi connectivity index (χ0v) is 18.0. The summed E-state index contributed by atoms with van der Waals surface area (Å²) in [4.78, 5) is 0. The first-order valence-corrected chi connectivity index (χ1v) is 8.54. The van der Waals surface area contributed by atoms with Gasteiger partial charge in [0.2, 0.25) is 0 Å². The van der Waals surface area contributed by atoms with Gasteiger partial charge < -0.3 is 20.4 Å². The molecule has 0 aromatic heterocycles. The van der Waals surface area contributed by atoms with E-state index < -0.39 is 0 Å². The Bertz CT molecular complexity index is 693. The molecule has 4 N–H and O–H groups in total. The van der Waals surface area contributed by atoms with E-state index in [1.165, 1.54) is 0 Å². The van der Waals surface area contributed by atoms with Gasteiger partial charge in [-0.1, -0.05) is 72.8 Å². The van der Waals surface area contributed by atoms with Gasteiger partial charge in [-0.05, 0) is 48.5 Å². The van der Waals surface area contributed by atoms with Crippen molar-refractivity contribution in [2.45, 2.75) is 0 Å². The molecule has 0 unspecified atom stereocenters. The van der Waals surface area contributed by atoms with Gasteiger partial charge in [0.25, 0.3) is 0 Å². The van der Waals surface area contributed by atoms with Crippen molar-refractivity contribution in [3.63, 3.8) is 0 Å². The molecule has 29 heavy (non-hydrogen) atoms. The molecule has 0 saturated carbocycles. The van der Waals surface area contributed by atoms with Crippen LogP contribution in [-0.2, 0) is 22.4 Å². The zero-order chi connectivity index (χ0) is 20.5. The molecule has 0 aliphatic carbocycles. The first-order chi connectivity index (χ1) is 13.6. The Morgan fingerprint density at radius 2 is 0.414 bits per heavy atom. The van der Waals surface area contributed by atoms with Crippen LogP contribution in [0.25, 0.3) is 0 Å². The van der Waals surface area contributed by atoms with Crippen molar-refractivity contribution in [3.05, 3.63) is 121 Å². The summed E-state index contributed by atoms with van der Waals surface area (Å²) in [5.74, 6) is 1.29. The summed E-state index contributed by atoms with van der Waals surface area (Å²) in [7, 11) is 0. The first kappa shape index (κ1) is 25.8. The van der Waals surface area contributed by atoms with Crippen LogP contribution >= 0.6 is 0 Å². The van der Waals surface area contributed by atoms with Crippen molar-refractivity contribution in [1.29, 1.82) is 0 Å². The van der Waals surface area contributed by atoms with Crippen LogP contribution in [-0.4, -0.2) is 20.4 Å². The summed E-state index contributed by atoms with van der Waals surface area (Å²) in [5, 5.41) is 34.5. The third-order valence-corrected chi connectivity index (χ3v) is 3.02. The molecule has 0 amide bonds. The van der Waals surface area contributed by atoms with Crippen LogP contribution in [0, 0.1) is 0 Å². The number of rotatable bonds is 0. The van der Waals surface area contributed by atoms with Crippen LogP contribution in [0.3, 0.4) is 0 Å². The van der Waals surface area contributed by atoms with Gasteiger partial charge in [0.1, 0.15) is 23.0 Å². The number of aromatic hydroxyl groups is 4. The fourth-order valence-corrected chi connectivity index (χ4v) is 1.71. The van der Waals surface area contributed by atoms with E-state index in [-0.39, 0.29) is 22.4 Å². The summed E-state index contributed by atoms with van der Waals surface area (Å²) < 4.78 is 0. The third-order valence-electron chi connectivity index (χ3n) is 3.02. The normalized spacial score (nSPS) is 8.28. The van der Waals surface area contributed by atoms with Crippen molar-refractivity contribution in [1.82, 2.24) is 0 Å². The van der Waals surface area contributed by atoms with E-state index in [9.17, 15) is 0 Å². The van der Waals surface area contributed by atoms with Crippen molar-refractivity contribution < 1.29 is 42.8 Å². The Hall–Kier alpha value is -3.18. The predicted octanol–water partition coefficient (Wildman–Crippen LogP) is 5.57. The van der Waals surface area contributed by atoms with Crippen molar-refractivity contribution >= 4 is 0 Å². The zero-order valence-electron chi connectivity index (χ0n) is 15.8. The van der Waals surface area contributed by atoms with E-state index >= 15 is 0 Å². The number of phenols is 4. The molecule has 0 aliphatic heterocycles. The summed E-state index contributed by atoms with van der Waals surface area (Å²) in [6.07, 6.45) is 0. The van der Waals surface area contributed by atoms with Crippen molar-refractivity contribution in [3.8, 4) is 23.0 Å². The standard InChI is InChI=1S/4C6H6O.Nb/c4*7-6-4-2-1-3-5-6;/h4*1-5,7H;. The second-order valence-corrected chi connectivity index (χ2v) is 5.34. The maximum Gasteiger partial charge on any atom is 0.115 e. The minimum atomic E-state index is 0. The van der Waals surface area contributed by atoms with E-state index in [0.29, 0.717) is 23.0 Å². The van der Waals surface area contributed by atoms with Crippen molar-refractivity contribution in [2.75, 3.05) is 0 Å². The van der Waals surface area contributed by atoms with Crippen LogP contribution in [0.1, 0.15) is 0 Å². The van der Waals surface area contributed by atoms with E-state index in [0.717, 1.165) is 0 Å². The maximum absolute atomic E-state index is 8.63. The molecule has 0 spiro atoms. The van der Waals surface area contributed by atoms with Crippen LogP contribution in [0.5, 0.6) is 23.0 Å². The molecular formula is C24H24NbO4. The SMILES string of the molecule is Oc1ccccc1.Oc1ccccc1.Oc1ccccc1.Oc1ccccc1.[Nb]. The maximum atomic E-state index is 8.63. The second-order valence-electron chi connectivity index (χ2n) is 5.34. The second kappa shape index (κ2) is 17.0. The summed E-state index contributed by atoms with van der Waals surface area (Å²) in [6, 6.07) is 34.9. The average molecular weight is 469 g/mol. The minimum Gasteiger partial charge on any atom is -0.508 e. The van der Waals surface area contributed by atoms with Gasteiger partial charge in [-0.15, -0.1) is 0 Å². The fourth-order valence-electron chi connectivity index (χ4n) is 1.71. The van der Waals surface area contributed by atoms with Crippen LogP contribution in [0.2, 0.25) is 0 Å². The molecule has 4 aromatic rings. The predicted molar refractivity (Wildman–Crippen MR) is 112 cm³/mol. The number of hydrogen-bond acceptors (Lipinski definition) is 4. The summed E-state index contributed by atoms with van der Waals surface area (Å²) >= 11 is 0. The summed E-state index contributed by atoms with van der Waals surface area (Å²) in [5.41, 5.74) is 0. The van der Waals surface area contributed by atoms with Crippen LogP contribution in [0.15, 0.2) is 121 Å². The van der Waals surface area contributed by atoms with Crippen molar-refractivity contribution in [2.24, 2.45) is 0 Å². The van der Waals surface area contributed by atoms with E-state index in [1.807, 2.05) is 24.3 Å². The van der Waals surface area contributed by atoms with Gasteiger partial charge in [0.15, 0.2) is 0 Å². The molecule has 0 aliphatic rings. The van der Waals surface area contributed by atoms with Gasteiger partial charge in [0.05, 0.1) is 0 Å². The van der Waals surface area contributed by atoms with Gasteiger partial charge in [-0.25, -0.2) is 0 Å². The molecule has 1 radical (unpaired) electrons. The molecule has 4 aromatic carbocycles. The topological polar surface area (TPSA) is 80.9 Å². The number of phenolic OH excluding ortho intramolecular Hbond substituents is 4. The molecule has 4 nitrogen and oxygen atoms in total. The van der Waals surface area contributed by atoms with Crippen LogP contribution < -0.4 is 0 Å². The molecule has 4 rings (SSSR count). The number of para-hydroxylation sites is 4. The number of hydrogen-bond donors (Lipinski definition) is 4. The average Bonchev–Trinajstić information content (AvgIpc) is 2.72. The largest absolute Gasteiger partial charge is 0.508 e. The Balaban J connectivity index is 0.000000356. The van der Waals surface area contributed by atoms with Gasteiger partial charge in [-0.3, -0.25) is 0 Å². The third kappa shape index (κ3) is 15.6. The molecular weight excluding hydrogens is 445 g/mol. The van der Waals surface area contributed by atoms with Crippen LogP contribution in [0.4, 0.5) is 0 Å². The Morgan fingerprint density at radius 1 is 0.276 bits per heavy atom. The molecule has 149 valence electrons. The molecule has 0 atom stereocenters. The molecule has 0 bridgehead atoms. The van der Waals surface area contributed by atoms with Gasteiger partial charge in [-0.2, -0.15) is 0 Å². The monoisotopic (exact) mass is 469 g/mol. The smallest absolute Gasteiger partial charge is 0.115 e. The molecule has 0 heterocycles. The van der Waals surface area contributed by atoms with E-state index in [2.05, 4.69) is 0 Å².